The molecule has 2 heterocycles. The Morgan fingerprint density at radius 3 is 2.82 bits per heavy atom. The predicted molar refractivity (Wildman–Crippen MR) is 37.8 cm³/mol. The highest BCUT2D eigenvalue weighted by Crippen LogP contribution is 2.27. The van der Waals surface area contributed by atoms with E-state index in [4.69, 9.17) is 9.47 Å². The van der Waals surface area contributed by atoms with Crippen LogP contribution < -0.4 is 9.47 Å². The summed E-state index contributed by atoms with van der Waals surface area (Å²) in [6, 6.07) is 5.18. The molecule has 0 saturated carbocycles. The van der Waals surface area contributed by atoms with Gasteiger partial charge >= 0.3 is 6.16 Å². The molecule has 0 saturated heterocycles. The highest BCUT2D eigenvalue weighted by Gasteiger charge is 2.15. The van der Waals surface area contributed by atoms with Gasteiger partial charge in [-0.05, 0) is 30.7 Å². The average molecular weight is 150 g/mol. The number of ether oxygens (including phenoxy) is 2. The van der Waals surface area contributed by atoms with Crippen molar-refractivity contribution in [1.29, 1.82) is 0 Å². The molecule has 2 aliphatic heterocycles. The summed E-state index contributed by atoms with van der Waals surface area (Å²) >= 11 is 0. The SMILES string of the molecule is Cc1cc2ccc1OC(=O)O2. The molecule has 0 N–H and O–H groups in total. The average Bonchev–Trinajstić information content (AvgIpc) is 2.16. The fourth-order valence-corrected chi connectivity index (χ4v) is 1.01. The van der Waals surface area contributed by atoms with Gasteiger partial charge in [0.25, 0.3) is 0 Å². The second kappa shape index (κ2) is 1.99. The predicted octanol–water partition coefficient (Wildman–Crippen LogP) is 1.89. The molecule has 0 aromatic heterocycles. The summed E-state index contributed by atoms with van der Waals surface area (Å²) in [6.45, 7) is 1.86. The first-order chi connectivity index (χ1) is 5.25. The van der Waals surface area contributed by atoms with Crippen molar-refractivity contribution < 1.29 is 14.3 Å². The van der Waals surface area contributed by atoms with E-state index in [0.717, 1.165) is 5.56 Å². The Balaban J connectivity index is 2.59. The third-order valence-electron chi connectivity index (χ3n) is 1.54. The first-order valence-electron chi connectivity index (χ1n) is 3.26. The molecule has 0 unspecified atom stereocenters. The van der Waals surface area contributed by atoms with E-state index in [9.17, 15) is 4.79 Å². The summed E-state index contributed by atoms with van der Waals surface area (Å²) in [4.78, 5) is 10.7. The summed E-state index contributed by atoms with van der Waals surface area (Å²) in [6.07, 6.45) is -0.659. The van der Waals surface area contributed by atoms with Crippen LogP contribution in [0.5, 0.6) is 11.5 Å². The molecule has 3 nitrogen and oxygen atoms in total. The lowest BCUT2D eigenvalue weighted by molar-refractivity contribution is 0.154. The minimum absolute atomic E-state index is 0.536. The second-order valence-corrected chi connectivity index (χ2v) is 2.38. The van der Waals surface area contributed by atoms with Crippen molar-refractivity contribution in [1.82, 2.24) is 0 Å². The zero-order valence-electron chi connectivity index (χ0n) is 5.96. The number of fused-ring (bicyclic) bond motifs is 4. The van der Waals surface area contributed by atoms with Gasteiger partial charge in [0.2, 0.25) is 0 Å². The zero-order valence-corrected chi connectivity index (χ0v) is 5.96. The summed E-state index contributed by atoms with van der Waals surface area (Å²) in [7, 11) is 0. The fourth-order valence-electron chi connectivity index (χ4n) is 1.01. The van der Waals surface area contributed by atoms with Crippen LogP contribution in [0.3, 0.4) is 0 Å². The van der Waals surface area contributed by atoms with Crippen molar-refractivity contribution >= 4 is 6.16 Å². The molecule has 0 spiro atoms. The molecule has 3 rings (SSSR count). The number of benzene rings is 1. The zero-order chi connectivity index (χ0) is 7.84. The van der Waals surface area contributed by atoms with E-state index < -0.39 is 6.16 Å². The molecular formula is C8H6O3. The molecule has 2 bridgehead atoms. The minimum atomic E-state index is -0.659. The topological polar surface area (TPSA) is 35.5 Å². The highest BCUT2D eigenvalue weighted by atomic mass is 16.7. The summed E-state index contributed by atoms with van der Waals surface area (Å²) in [5, 5.41) is 0. The van der Waals surface area contributed by atoms with E-state index in [-0.39, 0.29) is 0 Å². The largest absolute Gasteiger partial charge is 0.519 e. The van der Waals surface area contributed by atoms with E-state index in [1.807, 2.05) is 6.92 Å². The van der Waals surface area contributed by atoms with Gasteiger partial charge in [0, 0.05) is 0 Å². The number of hydrogen-bond donors (Lipinski definition) is 0. The van der Waals surface area contributed by atoms with Gasteiger partial charge in [-0.15, -0.1) is 0 Å². The van der Waals surface area contributed by atoms with Gasteiger partial charge in [0.15, 0.2) is 0 Å². The van der Waals surface area contributed by atoms with Crippen LogP contribution in [0.25, 0.3) is 0 Å². The van der Waals surface area contributed by atoms with E-state index in [0.29, 0.717) is 11.5 Å². The van der Waals surface area contributed by atoms with Crippen molar-refractivity contribution in [3.8, 4) is 11.5 Å². The quantitative estimate of drug-likeness (QED) is 0.418. The molecule has 3 heteroatoms. The fraction of sp³-hybridized carbons (Fsp3) is 0.125. The number of hydrogen-bond acceptors (Lipinski definition) is 3. The van der Waals surface area contributed by atoms with Crippen LogP contribution in [0.15, 0.2) is 18.2 Å². The summed E-state index contributed by atoms with van der Waals surface area (Å²) in [5.74, 6) is 1.10. The Hall–Kier alpha value is -1.51. The summed E-state index contributed by atoms with van der Waals surface area (Å²) < 4.78 is 9.54. The normalized spacial score (nSPS) is 13.7. The lowest BCUT2D eigenvalue weighted by Gasteiger charge is -1.96. The van der Waals surface area contributed by atoms with E-state index >= 15 is 0 Å². The van der Waals surface area contributed by atoms with Crippen molar-refractivity contribution in [3.63, 3.8) is 0 Å². The van der Waals surface area contributed by atoms with Crippen molar-refractivity contribution in [2.45, 2.75) is 6.92 Å². The standard InChI is InChI=1S/C8H6O3/c1-5-4-6-2-3-7(5)11-8(9)10-6/h2-4H,1H3. The maximum absolute atomic E-state index is 10.7. The first kappa shape index (κ1) is 6.22. The van der Waals surface area contributed by atoms with Gasteiger partial charge in [0.1, 0.15) is 11.5 Å². The highest BCUT2D eigenvalue weighted by molar-refractivity contribution is 5.70. The smallest absolute Gasteiger partial charge is 0.395 e. The van der Waals surface area contributed by atoms with Gasteiger partial charge < -0.3 is 9.47 Å². The second-order valence-electron chi connectivity index (χ2n) is 2.38. The van der Waals surface area contributed by atoms with Crippen LogP contribution >= 0.6 is 0 Å². The monoisotopic (exact) mass is 150 g/mol. The number of aryl methyl sites for hydroxylation is 1. The maximum Gasteiger partial charge on any atom is 0.519 e. The molecule has 0 amide bonds. The maximum atomic E-state index is 10.7. The number of carbonyl (C=O) groups is 1. The van der Waals surface area contributed by atoms with E-state index in [1.165, 1.54) is 0 Å². The van der Waals surface area contributed by atoms with Crippen LogP contribution in [-0.4, -0.2) is 6.16 Å². The molecule has 0 aliphatic carbocycles. The van der Waals surface area contributed by atoms with Crippen LogP contribution in [0.1, 0.15) is 5.56 Å². The van der Waals surface area contributed by atoms with Gasteiger partial charge in [-0.1, -0.05) is 0 Å². The molecule has 56 valence electrons. The Labute approximate surface area is 63.5 Å². The molecular weight excluding hydrogens is 144 g/mol. The third kappa shape index (κ3) is 0.941. The molecule has 0 radical (unpaired) electrons. The molecule has 11 heavy (non-hydrogen) atoms. The van der Waals surface area contributed by atoms with Gasteiger partial charge in [-0.2, -0.15) is 0 Å². The lowest BCUT2D eigenvalue weighted by atomic mass is 10.2. The Bertz CT molecular complexity index is 317. The van der Waals surface area contributed by atoms with Crippen molar-refractivity contribution in [3.05, 3.63) is 23.8 Å². The van der Waals surface area contributed by atoms with Crippen LogP contribution in [0, 0.1) is 6.92 Å². The lowest BCUT2D eigenvalue weighted by Crippen LogP contribution is -2.10. The minimum Gasteiger partial charge on any atom is -0.395 e. The molecule has 2 aliphatic rings. The van der Waals surface area contributed by atoms with Gasteiger partial charge in [0.05, 0.1) is 0 Å². The van der Waals surface area contributed by atoms with E-state index in [2.05, 4.69) is 0 Å². The number of rotatable bonds is 0. The Kier molecular flexibility index (Phi) is 1.12. The van der Waals surface area contributed by atoms with E-state index in [1.54, 1.807) is 18.2 Å². The van der Waals surface area contributed by atoms with Crippen LogP contribution in [0.4, 0.5) is 4.79 Å². The molecule has 0 atom stereocenters. The first-order valence-corrected chi connectivity index (χ1v) is 3.26. The molecule has 1 aromatic carbocycles. The van der Waals surface area contributed by atoms with Crippen molar-refractivity contribution in [2.75, 3.05) is 0 Å². The van der Waals surface area contributed by atoms with Gasteiger partial charge in [-0.3, -0.25) is 0 Å². The van der Waals surface area contributed by atoms with Crippen molar-refractivity contribution in [2.24, 2.45) is 0 Å². The number of carbonyl (C=O) groups excluding carboxylic acids is 1. The Morgan fingerprint density at radius 2 is 2.09 bits per heavy atom. The molecule has 0 fully saturated rings. The Morgan fingerprint density at radius 1 is 1.27 bits per heavy atom. The summed E-state index contributed by atoms with van der Waals surface area (Å²) in [5.41, 5.74) is 0.911. The van der Waals surface area contributed by atoms with Crippen LogP contribution in [0.2, 0.25) is 0 Å². The third-order valence-corrected chi connectivity index (χ3v) is 1.54. The molecule has 1 aromatic rings. The van der Waals surface area contributed by atoms with Gasteiger partial charge in [-0.25, -0.2) is 4.79 Å². The van der Waals surface area contributed by atoms with Crippen LogP contribution in [-0.2, 0) is 0 Å².